The van der Waals surface area contributed by atoms with Crippen molar-refractivity contribution in [1.29, 1.82) is 0 Å². The predicted octanol–water partition coefficient (Wildman–Crippen LogP) is 4.13. The third-order valence-corrected chi connectivity index (χ3v) is 5.52. The molecule has 0 saturated carbocycles. The second-order valence-electron chi connectivity index (χ2n) is 4.76. The summed E-state index contributed by atoms with van der Waals surface area (Å²) in [6.07, 6.45) is 2.02. The van der Waals surface area contributed by atoms with E-state index in [9.17, 15) is 5.11 Å². The largest absolute Gasteiger partial charge is 0.387 e. The topological polar surface area (TPSA) is 38.1 Å². The van der Waals surface area contributed by atoms with E-state index >= 15 is 0 Å². The molecule has 2 aromatic rings. The average molecular weight is 357 g/mol. The van der Waals surface area contributed by atoms with Gasteiger partial charge < -0.3 is 5.11 Å². The minimum absolute atomic E-state index is 0.451. The number of nitrogens with zero attached hydrogens (tertiary/aromatic N) is 2. The molecule has 0 spiro atoms. The minimum Gasteiger partial charge on any atom is -0.387 e. The molecule has 5 heteroatoms. The Morgan fingerprint density at radius 1 is 1.35 bits per heavy atom. The molecule has 20 heavy (non-hydrogen) atoms. The molecule has 2 aromatic heterocycles. The van der Waals surface area contributed by atoms with Crippen LogP contribution in [0, 0.1) is 0 Å². The van der Waals surface area contributed by atoms with Crippen LogP contribution in [0.25, 0.3) is 0 Å². The normalized spacial score (nSPS) is 12.8. The van der Waals surface area contributed by atoms with Crippen molar-refractivity contribution in [2.45, 2.75) is 52.7 Å². The van der Waals surface area contributed by atoms with E-state index in [0.29, 0.717) is 6.42 Å². The second kappa shape index (κ2) is 6.87. The first-order valence-corrected chi connectivity index (χ1v) is 8.77. The first kappa shape index (κ1) is 15.7. The Bertz CT molecular complexity index is 576. The fourth-order valence-corrected chi connectivity index (χ4v) is 4.13. The molecule has 0 amide bonds. The van der Waals surface area contributed by atoms with Gasteiger partial charge in [0.15, 0.2) is 0 Å². The van der Waals surface area contributed by atoms with Gasteiger partial charge in [0.2, 0.25) is 0 Å². The summed E-state index contributed by atoms with van der Waals surface area (Å²) in [7, 11) is 0. The van der Waals surface area contributed by atoms with Crippen molar-refractivity contribution in [3.05, 3.63) is 37.7 Å². The van der Waals surface area contributed by atoms with Gasteiger partial charge in [-0.1, -0.05) is 13.8 Å². The zero-order valence-electron chi connectivity index (χ0n) is 12.2. The van der Waals surface area contributed by atoms with Crippen LogP contribution in [0.2, 0.25) is 0 Å². The molecule has 0 aliphatic rings. The Balaban J connectivity index is 2.27. The average Bonchev–Trinajstić information content (AvgIpc) is 3.04. The zero-order chi connectivity index (χ0) is 14.7. The van der Waals surface area contributed by atoms with Gasteiger partial charge in [0.25, 0.3) is 0 Å². The highest BCUT2D eigenvalue weighted by Crippen LogP contribution is 2.31. The van der Waals surface area contributed by atoms with Crippen molar-refractivity contribution in [2.24, 2.45) is 0 Å². The van der Waals surface area contributed by atoms with E-state index in [1.54, 1.807) is 11.3 Å². The maximum absolute atomic E-state index is 10.5. The van der Waals surface area contributed by atoms with Gasteiger partial charge in [0, 0.05) is 17.8 Å². The van der Waals surface area contributed by atoms with Gasteiger partial charge in [-0.15, -0.1) is 11.3 Å². The van der Waals surface area contributed by atoms with Gasteiger partial charge in [0.05, 0.1) is 22.0 Å². The minimum atomic E-state index is -0.451. The Kier molecular flexibility index (Phi) is 5.41. The van der Waals surface area contributed by atoms with Gasteiger partial charge >= 0.3 is 0 Å². The molecule has 0 aromatic carbocycles. The quantitative estimate of drug-likeness (QED) is 0.844. The number of aromatic nitrogens is 2. The van der Waals surface area contributed by atoms with Crippen molar-refractivity contribution in [3.8, 4) is 0 Å². The van der Waals surface area contributed by atoms with Crippen LogP contribution in [0.5, 0.6) is 0 Å². The van der Waals surface area contributed by atoms with E-state index < -0.39 is 6.10 Å². The summed E-state index contributed by atoms with van der Waals surface area (Å²) in [6, 6.07) is 2.10. The van der Waals surface area contributed by atoms with Crippen LogP contribution >= 0.6 is 27.3 Å². The van der Waals surface area contributed by atoms with Gasteiger partial charge in [-0.2, -0.15) is 5.10 Å². The molecule has 0 fully saturated rings. The maximum atomic E-state index is 10.5. The first-order valence-electron chi connectivity index (χ1n) is 7.10. The molecule has 2 rings (SSSR count). The lowest BCUT2D eigenvalue weighted by Crippen LogP contribution is -2.09. The smallest absolute Gasteiger partial charge is 0.0940 e. The van der Waals surface area contributed by atoms with E-state index in [2.05, 4.69) is 53.2 Å². The van der Waals surface area contributed by atoms with Crippen LogP contribution in [0.3, 0.4) is 0 Å². The van der Waals surface area contributed by atoms with Crippen molar-refractivity contribution >= 4 is 27.3 Å². The van der Waals surface area contributed by atoms with Crippen molar-refractivity contribution in [1.82, 2.24) is 9.78 Å². The highest BCUT2D eigenvalue weighted by Gasteiger charge is 2.20. The van der Waals surface area contributed by atoms with E-state index in [-0.39, 0.29) is 0 Å². The predicted molar refractivity (Wildman–Crippen MR) is 87.3 cm³/mol. The number of hydrogen-bond donors (Lipinski definition) is 1. The van der Waals surface area contributed by atoms with Gasteiger partial charge in [-0.3, -0.25) is 4.68 Å². The molecule has 3 nitrogen and oxygen atoms in total. The Morgan fingerprint density at radius 3 is 2.70 bits per heavy atom. The lowest BCUT2D eigenvalue weighted by atomic mass is 10.1. The number of aliphatic hydroxyl groups excluding tert-OH is 1. The fourth-order valence-electron chi connectivity index (χ4n) is 2.42. The number of thiophene rings is 1. The molecule has 1 atom stereocenters. The van der Waals surface area contributed by atoms with E-state index in [0.717, 1.165) is 40.1 Å². The SMILES string of the molecule is CCc1ccsc1C(O)Cc1c(Br)c(CC)nn1CC. The molecule has 0 bridgehead atoms. The molecule has 0 aliphatic carbocycles. The van der Waals surface area contributed by atoms with Gasteiger partial charge in [0.1, 0.15) is 0 Å². The van der Waals surface area contributed by atoms with Crippen LogP contribution in [-0.2, 0) is 25.8 Å². The van der Waals surface area contributed by atoms with Crippen LogP contribution in [-0.4, -0.2) is 14.9 Å². The number of aliphatic hydroxyl groups is 1. The third kappa shape index (κ3) is 3.00. The summed E-state index contributed by atoms with van der Waals surface area (Å²) in [4.78, 5) is 1.08. The van der Waals surface area contributed by atoms with Gasteiger partial charge in [-0.25, -0.2) is 0 Å². The van der Waals surface area contributed by atoms with E-state index in [4.69, 9.17) is 0 Å². The number of halogens is 1. The molecule has 0 saturated heterocycles. The van der Waals surface area contributed by atoms with Crippen molar-refractivity contribution in [2.75, 3.05) is 0 Å². The molecule has 1 N–H and O–H groups in total. The summed E-state index contributed by atoms with van der Waals surface area (Å²) < 4.78 is 3.04. The molecule has 110 valence electrons. The third-order valence-electron chi connectivity index (χ3n) is 3.55. The van der Waals surface area contributed by atoms with Crippen LogP contribution < -0.4 is 0 Å². The maximum Gasteiger partial charge on any atom is 0.0940 e. The number of rotatable bonds is 6. The molecule has 1 unspecified atom stereocenters. The second-order valence-corrected chi connectivity index (χ2v) is 6.50. The zero-order valence-corrected chi connectivity index (χ0v) is 14.6. The highest BCUT2D eigenvalue weighted by molar-refractivity contribution is 9.10. The van der Waals surface area contributed by atoms with Crippen LogP contribution in [0.15, 0.2) is 15.9 Å². The molecular formula is C15H21BrN2OS. The standard InChI is InChI=1S/C15H21BrN2OS/c1-4-10-7-8-20-15(10)13(19)9-12-14(16)11(5-2)17-18(12)6-3/h7-8,13,19H,4-6,9H2,1-3H3. The number of aryl methyl sites for hydroxylation is 3. The fraction of sp³-hybridized carbons (Fsp3) is 0.533. The summed E-state index contributed by atoms with van der Waals surface area (Å²) in [5.41, 5.74) is 3.40. The van der Waals surface area contributed by atoms with Gasteiger partial charge in [-0.05, 0) is 52.7 Å². The van der Waals surface area contributed by atoms with E-state index in [1.165, 1.54) is 5.56 Å². The molecule has 0 radical (unpaired) electrons. The summed E-state index contributed by atoms with van der Waals surface area (Å²) in [6.45, 7) is 7.13. The Labute approximate surface area is 132 Å². The lowest BCUT2D eigenvalue weighted by molar-refractivity contribution is 0.178. The van der Waals surface area contributed by atoms with Crippen LogP contribution in [0.4, 0.5) is 0 Å². The molecule has 2 heterocycles. The Hall–Kier alpha value is -0.650. The highest BCUT2D eigenvalue weighted by atomic mass is 79.9. The monoisotopic (exact) mass is 356 g/mol. The van der Waals surface area contributed by atoms with Crippen LogP contribution in [0.1, 0.15) is 48.7 Å². The summed E-state index contributed by atoms with van der Waals surface area (Å²) in [5, 5.41) is 17.2. The summed E-state index contributed by atoms with van der Waals surface area (Å²) in [5.74, 6) is 0. The van der Waals surface area contributed by atoms with E-state index in [1.807, 2.05) is 4.68 Å². The van der Waals surface area contributed by atoms with Crippen molar-refractivity contribution < 1.29 is 5.11 Å². The number of hydrogen-bond acceptors (Lipinski definition) is 3. The molecule has 0 aliphatic heterocycles. The first-order chi connectivity index (χ1) is 9.62. The summed E-state index contributed by atoms with van der Waals surface area (Å²) >= 11 is 5.28. The Morgan fingerprint density at radius 2 is 2.10 bits per heavy atom. The molecular weight excluding hydrogens is 336 g/mol. The van der Waals surface area contributed by atoms with Crippen molar-refractivity contribution in [3.63, 3.8) is 0 Å². The lowest BCUT2D eigenvalue weighted by Gasteiger charge is -2.12.